The van der Waals surface area contributed by atoms with Crippen molar-refractivity contribution in [2.75, 3.05) is 30.1 Å². The van der Waals surface area contributed by atoms with Gasteiger partial charge < -0.3 is 15.0 Å². The molecule has 0 bridgehead atoms. The third-order valence-corrected chi connectivity index (χ3v) is 6.58. The normalized spacial score (nSPS) is 13.7. The number of hydrogen-bond donors (Lipinski definition) is 2. The molecule has 0 saturated carbocycles. The molecule has 0 unspecified atom stereocenters. The lowest BCUT2D eigenvalue weighted by Gasteiger charge is -2.20. The number of methoxy groups -OCH3 is 1. The first kappa shape index (κ1) is 25.3. The predicted molar refractivity (Wildman–Crippen MR) is 135 cm³/mol. The third kappa shape index (κ3) is 6.07. The molecule has 3 aromatic rings. The maximum atomic E-state index is 13.3. The molecular weight excluding hydrogens is 485 g/mol. The molecule has 0 aromatic heterocycles. The van der Waals surface area contributed by atoms with Gasteiger partial charge in [0.05, 0.1) is 19.4 Å². The Morgan fingerprint density at radius 3 is 2.39 bits per heavy atom. The fourth-order valence-corrected chi connectivity index (χ4v) is 4.87. The second-order valence-electron chi connectivity index (χ2n) is 8.53. The van der Waals surface area contributed by atoms with E-state index in [2.05, 4.69) is 10.0 Å². The van der Waals surface area contributed by atoms with Crippen LogP contribution in [0, 0.1) is 5.82 Å². The monoisotopic (exact) mass is 511 g/mol. The number of halogens is 1. The zero-order valence-corrected chi connectivity index (χ0v) is 20.6. The zero-order chi connectivity index (χ0) is 25.9. The zero-order valence-electron chi connectivity index (χ0n) is 19.8. The maximum Gasteiger partial charge on any atom is 0.258 e. The number of rotatable bonds is 8. The summed E-state index contributed by atoms with van der Waals surface area (Å²) in [5, 5.41) is 2.78. The van der Waals surface area contributed by atoms with Gasteiger partial charge in [-0.3, -0.25) is 9.59 Å². The molecule has 1 heterocycles. The first-order chi connectivity index (χ1) is 17.1. The van der Waals surface area contributed by atoms with Crippen molar-refractivity contribution in [3.8, 4) is 5.75 Å². The van der Waals surface area contributed by atoms with Gasteiger partial charge in [-0.2, -0.15) is 0 Å². The highest BCUT2D eigenvalue weighted by molar-refractivity contribution is 7.88. The van der Waals surface area contributed by atoms with Crippen LogP contribution in [0.25, 0.3) is 0 Å². The fourth-order valence-electron chi connectivity index (χ4n) is 4.14. The summed E-state index contributed by atoms with van der Waals surface area (Å²) in [5.41, 5.74) is 3.15. The number of carbonyl (C=O) groups excluding carboxylic acids is 2. The summed E-state index contributed by atoms with van der Waals surface area (Å²) in [6.45, 7) is 0.516. The highest BCUT2D eigenvalue weighted by Gasteiger charge is 2.26. The molecule has 10 heteroatoms. The summed E-state index contributed by atoms with van der Waals surface area (Å²) in [4.78, 5) is 27.6. The van der Waals surface area contributed by atoms with Crippen molar-refractivity contribution in [3.63, 3.8) is 0 Å². The molecule has 0 saturated heterocycles. The number of benzene rings is 3. The highest BCUT2D eigenvalue weighted by Crippen LogP contribution is 2.32. The van der Waals surface area contributed by atoms with Crippen LogP contribution < -0.4 is 19.7 Å². The number of nitrogens with zero attached hydrogens (tertiary/aromatic N) is 1. The minimum Gasteiger partial charge on any atom is -0.497 e. The third-order valence-electron chi connectivity index (χ3n) is 5.86. The Morgan fingerprint density at radius 2 is 1.75 bits per heavy atom. The van der Waals surface area contributed by atoms with Gasteiger partial charge in [0.25, 0.3) is 5.91 Å². The molecule has 0 radical (unpaired) electrons. The van der Waals surface area contributed by atoms with E-state index < -0.39 is 27.8 Å². The van der Waals surface area contributed by atoms with Crippen molar-refractivity contribution < 1.29 is 27.1 Å². The number of sulfonamides is 1. The van der Waals surface area contributed by atoms with Crippen LogP contribution in [0.2, 0.25) is 0 Å². The molecule has 0 aliphatic carbocycles. The SMILES string of the molecule is COc1ccc(C(=O)N2CCc3ccc(NC(=O)C[C@H](NS(C)(=O)=O)c4ccc(F)cc4)cc32)cc1. The number of ether oxygens (including phenoxy) is 1. The molecule has 1 aliphatic rings. The lowest BCUT2D eigenvalue weighted by Crippen LogP contribution is -2.31. The Labute approximate surface area is 209 Å². The molecule has 2 N–H and O–H groups in total. The highest BCUT2D eigenvalue weighted by atomic mass is 32.2. The van der Waals surface area contributed by atoms with E-state index in [1.165, 1.54) is 24.3 Å². The Balaban J connectivity index is 1.50. The van der Waals surface area contributed by atoms with Gasteiger partial charge in [-0.25, -0.2) is 17.5 Å². The Hall–Kier alpha value is -3.76. The lowest BCUT2D eigenvalue weighted by molar-refractivity contribution is -0.116. The first-order valence-electron chi connectivity index (χ1n) is 11.2. The van der Waals surface area contributed by atoms with E-state index >= 15 is 0 Å². The fraction of sp³-hybridized carbons (Fsp3) is 0.231. The van der Waals surface area contributed by atoms with Crippen molar-refractivity contribution >= 4 is 33.2 Å². The summed E-state index contributed by atoms with van der Waals surface area (Å²) < 4.78 is 44.6. The van der Waals surface area contributed by atoms with Crippen LogP contribution in [-0.4, -0.2) is 40.1 Å². The van der Waals surface area contributed by atoms with Gasteiger partial charge in [-0.15, -0.1) is 0 Å². The second kappa shape index (κ2) is 10.5. The minimum absolute atomic E-state index is 0.159. The molecule has 188 valence electrons. The van der Waals surface area contributed by atoms with Crippen LogP contribution in [0.3, 0.4) is 0 Å². The number of nitrogens with one attached hydrogen (secondary N) is 2. The topological polar surface area (TPSA) is 105 Å². The van der Waals surface area contributed by atoms with Gasteiger partial charge in [-0.1, -0.05) is 18.2 Å². The van der Waals surface area contributed by atoms with Gasteiger partial charge in [0.2, 0.25) is 15.9 Å². The van der Waals surface area contributed by atoms with E-state index in [1.54, 1.807) is 48.4 Å². The van der Waals surface area contributed by atoms with Crippen LogP contribution in [0.1, 0.15) is 33.9 Å². The predicted octanol–water partition coefficient (Wildman–Crippen LogP) is 3.66. The number of anilines is 2. The summed E-state index contributed by atoms with van der Waals surface area (Å²) in [5.74, 6) is -0.407. The number of hydrogen-bond acceptors (Lipinski definition) is 5. The molecule has 4 rings (SSSR count). The van der Waals surface area contributed by atoms with Crippen molar-refractivity contribution in [1.82, 2.24) is 4.72 Å². The Kier molecular flexibility index (Phi) is 7.37. The van der Waals surface area contributed by atoms with Crippen LogP contribution in [0.5, 0.6) is 5.75 Å². The Bertz CT molecular complexity index is 1380. The standard InChI is InChI=1S/C26H26FN3O5S/c1-35-22-11-6-19(7-12-22)26(32)30-14-13-18-5-10-21(15-24(18)30)28-25(31)16-23(29-36(2,33)34)17-3-8-20(27)9-4-17/h3-12,15,23,29H,13-14,16H2,1-2H3,(H,28,31)/t23-/m0/s1. The van der Waals surface area contributed by atoms with Gasteiger partial charge in [-0.05, 0) is 66.1 Å². The van der Waals surface area contributed by atoms with E-state index in [4.69, 9.17) is 4.74 Å². The molecule has 3 aromatic carbocycles. The van der Waals surface area contributed by atoms with Crippen LogP contribution >= 0.6 is 0 Å². The van der Waals surface area contributed by atoms with Crippen molar-refractivity contribution in [2.45, 2.75) is 18.9 Å². The summed E-state index contributed by atoms with van der Waals surface area (Å²) in [6.07, 6.45) is 1.48. The van der Waals surface area contributed by atoms with E-state index in [0.717, 1.165) is 11.8 Å². The van der Waals surface area contributed by atoms with Gasteiger partial charge in [0.1, 0.15) is 11.6 Å². The second-order valence-corrected chi connectivity index (χ2v) is 10.3. The van der Waals surface area contributed by atoms with Gasteiger partial charge >= 0.3 is 0 Å². The van der Waals surface area contributed by atoms with Crippen LogP contribution in [0.15, 0.2) is 66.7 Å². The minimum atomic E-state index is -3.63. The maximum absolute atomic E-state index is 13.3. The average Bonchev–Trinajstić information content (AvgIpc) is 3.26. The molecular formula is C26H26FN3O5S. The molecule has 8 nitrogen and oxygen atoms in total. The van der Waals surface area contributed by atoms with Gasteiger partial charge in [0, 0.05) is 29.9 Å². The van der Waals surface area contributed by atoms with Crippen molar-refractivity contribution in [2.24, 2.45) is 0 Å². The van der Waals surface area contributed by atoms with Crippen molar-refractivity contribution in [1.29, 1.82) is 0 Å². The Morgan fingerprint density at radius 1 is 1.06 bits per heavy atom. The molecule has 1 atom stereocenters. The number of fused-ring (bicyclic) bond motifs is 1. The molecule has 1 aliphatic heterocycles. The van der Waals surface area contributed by atoms with E-state index in [0.29, 0.717) is 41.2 Å². The van der Waals surface area contributed by atoms with Crippen molar-refractivity contribution in [3.05, 3.63) is 89.2 Å². The molecule has 0 fully saturated rings. The van der Waals surface area contributed by atoms with E-state index in [-0.39, 0.29) is 12.3 Å². The average molecular weight is 512 g/mol. The molecule has 2 amide bonds. The van der Waals surface area contributed by atoms with Gasteiger partial charge in [0.15, 0.2) is 0 Å². The summed E-state index contributed by atoms with van der Waals surface area (Å²) in [6, 6.07) is 16.6. The number of amides is 2. The van der Waals surface area contributed by atoms with E-state index in [9.17, 15) is 22.4 Å². The smallest absolute Gasteiger partial charge is 0.258 e. The quantitative estimate of drug-likeness (QED) is 0.480. The van der Waals surface area contributed by atoms with E-state index in [1.807, 2.05) is 6.07 Å². The molecule has 36 heavy (non-hydrogen) atoms. The molecule has 0 spiro atoms. The number of carbonyl (C=O) groups is 2. The first-order valence-corrected chi connectivity index (χ1v) is 13.1. The summed E-state index contributed by atoms with van der Waals surface area (Å²) in [7, 11) is -2.07. The summed E-state index contributed by atoms with van der Waals surface area (Å²) >= 11 is 0. The lowest BCUT2D eigenvalue weighted by atomic mass is 10.0. The van der Waals surface area contributed by atoms with Crippen LogP contribution in [0.4, 0.5) is 15.8 Å². The largest absolute Gasteiger partial charge is 0.497 e. The van der Waals surface area contributed by atoms with Crippen LogP contribution in [-0.2, 0) is 21.2 Å².